The average Bonchev–Trinajstić information content (AvgIpc) is 3.10. The number of nitrogens with zero attached hydrogens (tertiary/aromatic N) is 1. The summed E-state index contributed by atoms with van der Waals surface area (Å²) < 4.78 is 0. The molecule has 1 amide bonds. The zero-order valence-corrected chi connectivity index (χ0v) is 13.4. The molecule has 1 unspecified atom stereocenters. The number of likely N-dealkylation sites (tertiary alicyclic amines) is 1. The summed E-state index contributed by atoms with van der Waals surface area (Å²) in [6, 6.07) is 4.24. The summed E-state index contributed by atoms with van der Waals surface area (Å²) in [5, 5.41) is 2.58. The molecule has 0 bridgehead atoms. The van der Waals surface area contributed by atoms with Gasteiger partial charge in [0.05, 0.1) is 11.3 Å². The molecule has 3 N–H and O–H groups in total. The van der Waals surface area contributed by atoms with Crippen molar-refractivity contribution in [2.45, 2.75) is 24.3 Å². The molecule has 112 valence electrons. The van der Waals surface area contributed by atoms with Crippen LogP contribution in [0.3, 0.4) is 0 Å². The molecule has 2 aliphatic heterocycles. The van der Waals surface area contributed by atoms with Gasteiger partial charge in [0.2, 0.25) is 0 Å². The predicted molar refractivity (Wildman–Crippen MR) is 69.7 cm³/mol. The Balaban J connectivity index is 0.000001000. The van der Waals surface area contributed by atoms with Crippen molar-refractivity contribution in [2.24, 2.45) is 0 Å². The average molecular weight is 336 g/mol. The van der Waals surface area contributed by atoms with Crippen LogP contribution in [-0.4, -0.2) is 35.7 Å². The van der Waals surface area contributed by atoms with Crippen LogP contribution in [0, 0.1) is 0 Å². The fourth-order valence-electron chi connectivity index (χ4n) is 2.65. The van der Waals surface area contributed by atoms with Crippen molar-refractivity contribution < 1.29 is 39.9 Å². The number of pyridine rings is 1. The molecule has 1 aromatic heterocycles. The van der Waals surface area contributed by atoms with Crippen LogP contribution in [0.25, 0.3) is 0 Å². The van der Waals surface area contributed by atoms with Gasteiger partial charge in [0.15, 0.2) is 23.8 Å². The molecular formula is C13H19Cl2N3OS. The van der Waals surface area contributed by atoms with Crippen molar-refractivity contribution in [3.63, 3.8) is 0 Å². The first-order valence-electron chi connectivity index (χ1n) is 6.56. The molecule has 0 aromatic carbocycles. The van der Waals surface area contributed by atoms with Crippen LogP contribution < -0.4 is 35.1 Å². The van der Waals surface area contributed by atoms with E-state index >= 15 is 0 Å². The first-order chi connectivity index (χ1) is 8.84. The van der Waals surface area contributed by atoms with Crippen LogP contribution in [0.1, 0.15) is 23.8 Å². The van der Waals surface area contributed by atoms with E-state index in [4.69, 9.17) is 0 Å². The van der Waals surface area contributed by atoms with Gasteiger partial charge in [0.25, 0.3) is 5.91 Å². The summed E-state index contributed by atoms with van der Waals surface area (Å²) >= 11 is 1.87. The van der Waals surface area contributed by atoms with Crippen LogP contribution in [0.5, 0.6) is 0 Å². The number of hydrogen-bond donors (Lipinski definition) is 1. The second-order valence-corrected chi connectivity index (χ2v) is 6.10. The van der Waals surface area contributed by atoms with E-state index in [9.17, 15) is 4.79 Å². The van der Waals surface area contributed by atoms with Gasteiger partial charge in [-0.15, -0.1) is 0 Å². The van der Waals surface area contributed by atoms with E-state index in [0.29, 0.717) is 11.3 Å². The lowest BCUT2D eigenvalue weighted by Gasteiger charge is -2.17. The number of halogens is 2. The topological polar surface area (TPSA) is 51.1 Å². The number of nitrogens with two attached hydrogens (primary N) is 1. The van der Waals surface area contributed by atoms with Crippen LogP contribution in [0.2, 0.25) is 0 Å². The Morgan fingerprint density at radius 3 is 2.75 bits per heavy atom. The quantitative estimate of drug-likeness (QED) is 0.584. The van der Waals surface area contributed by atoms with Crippen molar-refractivity contribution in [1.29, 1.82) is 0 Å². The lowest BCUT2D eigenvalue weighted by atomic mass is 10.2. The number of aromatic nitrogens is 1. The molecule has 2 fully saturated rings. The van der Waals surface area contributed by atoms with E-state index in [-0.39, 0.29) is 30.9 Å². The molecule has 0 saturated carbocycles. The summed E-state index contributed by atoms with van der Waals surface area (Å²) in [5.74, 6) is 1.26. The third-order valence-corrected chi connectivity index (χ3v) is 5.00. The third kappa shape index (κ3) is 3.79. The van der Waals surface area contributed by atoms with Gasteiger partial charge in [-0.05, 0) is 18.9 Å². The van der Waals surface area contributed by atoms with E-state index < -0.39 is 0 Å². The first kappa shape index (κ1) is 17.6. The highest BCUT2D eigenvalue weighted by Crippen LogP contribution is 2.26. The van der Waals surface area contributed by atoms with E-state index in [1.807, 2.05) is 35.1 Å². The van der Waals surface area contributed by atoms with Gasteiger partial charge in [0, 0.05) is 19.2 Å². The normalized spacial score (nSPS) is 24.9. The number of carbonyl (C=O) groups is 1. The van der Waals surface area contributed by atoms with Gasteiger partial charge in [0.1, 0.15) is 0 Å². The van der Waals surface area contributed by atoms with Crippen molar-refractivity contribution in [3.05, 3.63) is 30.1 Å². The Hall–Kier alpha value is -0.490. The molecule has 3 rings (SSSR count). The second-order valence-electron chi connectivity index (χ2n) is 4.92. The summed E-state index contributed by atoms with van der Waals surface area (Å²) in [6.07, 6.45) is 6.28. The standard InChI is InChI=1S/C13H17N3OS.2ClH/c17-13(16-6-1-2-7-16)11-9-18-12(15-11)10-4-3-5-14-8-10;;/h3-5,8,11-12,15H,1-2,6-7,9H2;2*1H/t11-,12?;;/m0../s1. The summed E-state index contributed by atoms with van der Waals surface area (Å²) in [7, 11) is 0. The lowest BCUT2D eigenvalue weighted by Crippen LogP contribution is -3.00. The van der Waals surface area contributed by atoms with Gasteiger partial charge < -0.3 is 35.0 Å². The van der Waals surface area contributed by atoms with Crippen molar-refractivity contribution in [1.82, 2.24) is 4.90 Å². The minimum Gasteiger partial charge on any atom is -1.00 e. The maximum atomic E-state index is 12.3. The fraction of sp³-hybridized carbons (Fsp3) is 0.538. The molecule has 2 atom stereocenters. The number of rotatable bonds is 2. The molecule has 0 radical (unpaired) electrons. The maximum absolute atomic E-state index is 12.3. The molecule has 2 saturated heterocycles. The molecule has 1 aromatic rings. The van der Waals surface area contributed by atoms with E-state index in [2.05, 4.69) is 16.4 Å². The first-order valence-corrected chi connectivity index (χ1v) is 7.61. The number of hydrogen-bond acceptors (Lipinski definition) is 2. The highest BCUT2D eigenvalue weighted by molar-refractivity contribution is 7.99. The SMILES string of the molecule is O=C([C@@H]1CSC(c2ccc[nH+]c2)[NH2+]1)N1CCCC1.[Cl-].[Cl-]. The number of nitrogens with one attached hydrogen (secondary N) is 1. The highest BCUT2D eigenvalue weighted by atomic mass is 35.5. The van der Waals surface area contributed by atoms with Crippen LogP contribution in [0.15, 0.2) is 24.5 Å². The summed E-state index contributed by atoms with van der Waals surface area (Å²) in [4.78, 5) is 17.4. The number of carbonyl (C=O) groups excluding carboxylic acids is 1. The Morgan fingerprint density at radius 2 is 2.10 bits per heavy atom. The summed E-state index contributed by atoms with van der Waals surface area (Å²) in [6.45, 7) is 1.91. The van der Waals surface area contributed by atoms with Crippen LogP contribution in [-0.2, 0) is 4.79 Å². The molecular weight excluding hydrogens is 317 g/mol. The Morgan fingerprint density at radius 1 is 1.35 bits per heavy atom. The number of aromatic amines is 1. The fourth-order valence-corrected chi connectivity index (χ4v) is 3.95. The van der Waals surface area contributed by atoms with E-state index in [1.54, 1.807) is 0 Å². The highest BCUT2D eigenvalue weighted by Gasteiger charge is 2.38. The largest absolute Gasteiger partial charge is 1.00 e. The lowest BCUT2D eigenvalue weighted by molar-refractivity contribution is -0.685. The molecule has 20 heavy (non-hydrogen) atoms. The minimum absolute atomic E-state index is 0. The van der Waals surface area contributed by atoms with Gasteiger partial charge in [-0.3, -0.25) is 4.79 Å². The number of quaternary nitrogens is 1. The number of thioether (sulfide) groups is 1. The number of H-pyrrole nitrogens is 1. The van der Waals surface area contributed by atoms with E-state index in [0.717, 1.165) is 18.8 Å². The molecule has 0 aliphatic carbocycles. The molecule has 7 heteroatoms. The molecule has 4 nitrogen and oxygen atoms in total. The summed E-state index contributed by atoms with van der Waals surface area (Å²) in [5.41, 5.74) is 1.26. The maximum Gasteiger partial charge on any atom is 0.281 e. The van der Waals surface area contributed by atoms with Crippen molar-refractivity contribution in [2.75, 3.05) is 18.8 Å². The third-order valence-electron chi connectivity index (χ3n) is 3.66. The predicted octanol–water partition coefficient (Wildman–Crippen LogP) is -6.19. The molecule has 3 heterocycles. The second kappa shape index (κ2) is 8.08. The van der Waals surface area contributed by atoms with Crippen LogP contribution >= 0.6 is 11.8 Å². The number of amides is 1. The van der Waals surface area contributed by atoms with Crippen LogP contribution in [0.4, 0.5) is 0 Å². The zero-order valence-electron chi connectivity index (χ0n) is 11.1. The van der Waals surface area contributed by atoms with E-state index in [1.165, 1.54) is 18.4 Å². The van der Waals surface area contributed by atoms with Gasteiger partial charge in [-0.1, -0.05) is 11.8 Å². The van der Waals surface area contributed by atoms with Crippen molar-refractivity contribution >= 4 is 17.7 Å². The van der Waals surface area contributed by atoms with Gasteiger partial charge >= 0.3 is 0 Å². The Bertz CT molecular complexity index is 429. The Labute approximate surface area is 135 Å². The van der Waals surface area contributed by atoms with Gasteiger partial charge in [-0.25, -0.2) is 4.98 Å². The monoisotopic (exact) mass is 335 g/mol. The zero-order chi connectivity index (χ0) is 12.4. The Kier molecular flexibility index (Phi) is 7.09. The van der Waals surface area contributed by atoms with Gasteiger partial charge in [-0.2, -0.15) is 0 Å². The van der Waals surface area contributed by atoms with Crippen molar-refractivity contribution in [3.8, 4) is 0 Å². The molecule has 0 spiro atoms. The minimum atomic E-state index is 0. The smallest absolute Gasteiger partial charge is 0.281 e. The molecule has 2 aliphatic rings.